The van der Waals surface area contributed by atoms with E-state index in [2.05, 4.69) is 35.4 Å². The van der Waals surface area contributed by atoms with Gasteiger partial charge in [0.15, 0.2) is 11.6 Å². The quantitative estimate of drug-likeness (QED) is 0.789. The van der Waals surface area contributed by atoms with Crippen molar-refractivity contribution >= 4 is 16.7 Å². The second-order valence-electron chi connectivity index (χ2n) is 6.56. The molecule has 1 aliphatic rings. The Hall–Kier alpha value is -2.53. The van der Waals surface area contributed by atoms with Gasteiger partial charge in [0.2, 0.25) is 0 Å². The van der Waals surface area contributed by atoms with Gasteiger partial charge >= 0.3 is 0 Å². The lowest BCUT2D eigenvalue weighted by Gasteiger charge is -2.21. The first kappa shape index (κ1) is 16.0. The number of nitrogens with zero attached hydrogens (tertiary/aromatic N) is 3. The molecule has 128 valence electrons. The molecule has 1 aliphatic heterocycles. The number of benzene rings is 1. The summed E-state index contributed by atoms with van der Waals surface area (Å²) >= 11 is 0. The zero-order valence-electron chi connectivity index (χ0n) is 14.2. The molecule has 5 heteroatoms. The van der Waals surface area contributed by atoms with E-state index in [1.807, 2.05) is 23.1 Å². The van der Waals surface area contributed by atoms with Crippen LogP contribution in [0.15, 0.2) is 54.7 Å². The lowest BCUT2D eigenvalue weighted by atomic mass is 10.1. The normalized spacial score (nSPS) is 18.6. The molecule has 4 nitrogen and oxygen atoms in total. The summed E-state index contributed by atoms with van der Waals surface area (Å²) in [6.07, 6.45) is 2.61. The van der Waals surface area contributed by atoms with E-state index in [1.54, 1.807) is 12.3 Å². The summed E-state index contributed by atoms with van der Waals surface area (Å²) in [5, 5.41) is 4.77. The van der Waals surface area contributed by atoms with Crippen LogP contribution >= 0.6 is 0 Å². The molecule has 1 saturated heterocycles. The highest BCUT2D eigenvalue weighted by Crippen LogP contribution is 2.23. The summed E-state index contributed by atoms with van der Waals surface area (Å²) in [6.45, 7) is 3.69. The fourth-order valence-corrected chi connectivity index (χ4v) is 3.46. The first-order chi connectivity index (χ1) is 12.2. The number of hydrogen-bond acceptors (Lipinski definition) is 4. The minimum absolute atomic E-state index is 0.142. The van der Waals surface area contributed by atoms with Crippen LogP contribution in [0.25, 0.3) is 10.9 Å². The van der Waals surface area contributed by atoms with E-state index in [4.69, 9.17) is 4.98 Å². The van der Waals surface area contributed by atoms with Gasteiger partial charge in [-0.3, -0.25) is 4.98 Å². The number of para-hydroxylation sites is 1. The molecule has 1 fully saturated rings. The van der Waals surface area contributed by atoms with Gasteiger partial charge in [-0.05, 0) is 37.6 Å². The molecule has 0 unspecified atom stereocenters. The number of pyridine rings is 2. The van der Waals surface area contributed by atoms with Crippen molar-refractivity contribution < 1.29 is 4.39 Å². The average molecular weight is 336 g/mol. The molecule has 0 spiro atoms. The smallest absolute Gasteiger partial charge is 0.165 e. The van der Waals surface area contributed by atoms with E-state index >= 15 is 0 Å². The van der Waals surface area contributed by atoms with Crippen molar-refractivity contribution in [2.45, 2.75) is 25.4 Å². The summed E-state index contributed by atoms with van der Waals surface area (Å²) < 4.78 is 13.9. The van der Waals surface area contributed by atoms with Crippen molar-refractivity contribution in [3.63, 3.8) is 0 Å². The summed E-state index contributed by atoms with van der Waals surface area (Å²) in [4.78, 5) is 10.9. The number of aromatic nitrogens is 2. The molecule has 0 radical (unpaired) electrons. The Morgan fingerprint density at radius 3 is 2.92 bits per heavy atom. The van der Waals surface area contributed by atoms with E-state index in [0.29, 0.717) is 11.9 Å². The van der Waals surface area contributed by atoms with Gasteiger partial charge in [-0.2, -0.15) is 0 Å². The third-order valence-electron chi connectivity index (χ3n) is 4.78. The predicted octanol–water partition coefficient (Wildman–Crippen LogP) is 3.70. The maximum Gasteiger partial charge on any atom is 0.165 e. The number of halogens is 1. The van der Waals surface area contributed by atoms with Crippen molar-refractivity contribution in [3.8, 4) is 0 Å². The molecule has 25 heavy (non-hydrogen) atoms. The van der Waals surface area contributed by atoms with E-state index in [1.165, 1.54) is 6.07 Å². The fourth-order valence-electron chi connectivity index (χ4n) is 3.46. The number of nitrogens with one attached hydrogen (secondary N) is 1. The molecule has 3 aromatic rings. The highest BCUT2D eigenvalue weighted by Gasteiger charge is 2.26. The maximum atomic E-state index is 13.9. The highest BCUT2D eigenvalue weighted by atomic mass is 19.1. The Bertz CT molecular complexity index is 882. The van der Waals surface area contributed by atoms with Gasteiger partial charge in [0.25, 0.3) is 0 Å². The number of rotatable bonds is 4. The monoisotopic (exact) mass is 336 g/mol. The number of hydrogen-bond donors (Lipinski definition) is 1. The molecule has 0 saturated carbocycles. The van der Waals surface area contributed by atoms with Gasteiger partial charge in [-0.25, -0.2) is 9.37 Å². The van der Waals surface area contributed by atoms with Crippen LogP contribution in [0.1, 0.15) is 25.1 Å². The van der Waals surface area contributed by atoms with Crippen molar-refractivity contribution in [1.82, 2.24) is 15.3 Å². The van der Waals surface area contributed by atoms with Gasteiger partial charge in [0.05, 0.1) is 11.2 Å². The minimum atomic E-state index is -0.257. The highest BCUT2D eigenvalue weighted by molar-refractivity contribution is 5.78. The van der Waals surface area contributed by atoms with Crippen molar-refractivity contribution in [1.29, 1.82) is 0 Å². The van der Waals surface area contributed by atoms with Crippen LogP contribution in [0.2, 0.25) is 0 Å². The van der Waals surface area contributed by atoms with Crippen LogP contribution in [-0.2, 0) is 0 Å². The summed E-state index contributed by atoms with van der Waals surface area (Å²) in [5.74, 6) is 0.190. The third-order valence-corrected chi connectivity index (χ3v) is 4.78. The van der Waals surface area contributed by atoms with Crippen LogP contribution in [0, 0.1) is 5.82 Å². The molecule has 0 aliphatic carbocycles. The zero-order chi connectivity index (χ0) is 17.2. The van der Waals surface area contributed by atoms with Gasteiger partial charge < -0.3 is 10.2 Å². The molecule has 2 aromatic heterocycles. The van der Waals surface area contributed by atoms with E-state index in [9.17, 15) is 4.39 Å². The molecule has 2 atom stereocenters. The molecule has 0 amide bonds. The number of anilines is 1. The summed E-state index contributed by atoms with van der Waals surface area (Å²) in [5.41, 5.74) is 2.04. The Kier molecular flexibility index (Phi) is 4.32. The van der Waals surface area contributed by atoms with Gasteiger partial charge in [0, 0.05) is 36.8 Å². The second kappa shape index (κ2) is 6.76. The molecule has 3 heterocycles. The second-order valence-corrected chi connectivity index (χ2v) is 6.56. The van der Waals surface area contributed by atoms with Gasteiger partial charge in [-0.15, -0.1) is 0 Å². The first-order valence-electron chi connectivity index (χ1n) is 8.68. The molecular weight excluding hydrogens is 315 g/mol. The summed E-state index contributed by atoms with van der Waals surface area (Å²) in [7, 11) is 0. The first-order valence-corrected chi connectivity index (χ1v) is 8.68. The largest absolute Gasteiger partial charge is 0.353 e. The third kappa shape index (κ3) is 3.33. The minimum Gasteiger partial charge on any atom is -0.353 e. The lowest BCUT2D eigenvalue weighted by Crippen LogP contribution is -2.35. The Balaban J connectivity index is 1.44. The van der Waals surface area contributed by atoms with Gasteiger partial charge in [0.1, 0.15) is 0 Å². The zero-order valence-corrected chi connectivity index (χ0v) is 14.2. The SMILES string of the molecule is C[C@H](N[C@@H]1CCN(c2ncccc2F)C1)c1ccc2ccccc2n1. The van der Waals surface area contributed by atoms with Gasteiger partial charge in [-0.1, -0.05) is 24.3 Å². The molecular formula is C20H21FN4. The van der Waals surface area contributed by atoms with Crippen LogP contribution in [0.4, 0.5) is 10.2 Å². The van der Waals surface area contributed by atoms with E-state index in [-0.39, 0.29) is 11.9 Å². The van der Waals surface area contributed by atoms with E-state index < -0.39 is 0 Å². The van der Waals surface area contributed by atoms with Crippen molar-refractivity contribution in [2.75, 3.05) is 18.0 Å². The Labute approximate surface area is 146 Å². The van der Waals surface area contributed by atoms with E-state index in [0.717, 1.165) is 36.1 Å². The predicted molar refractivity (Wildman–Crippen MR) is 98.1 cm³/mol. The standard InChI is InChI=1S/C20H21FN4/c1-14(18-9-8-15-5-2-3-7-19(15)24-18)23-16-10-12-25(13-16)20-17(21)6-4-11-22-20/h2-9,11,14,16,23H,10,12-13H2,1H3/t14-,16+/m0/s1. The van der Waals surface area contributed by atoms with Crippen molar-refractivity contribution in [2.24, 2.45) is 0 Å². The maximum absolute atomic E-state index is 13.9. The topological polar surface area (TPSA) is 41.0 Å². The van der Waals surface area contributed by atoms with Crippen LogP contribution in [0.3, 0.4) is 0 Å². The fraction of sp³-hybridized carbons (Fsp3) is 0.300. The van der Waals surface area contributed by atoms with Crippen LogP contribution in [-0.4, -0.2) is 29.1 Å². The molecule has 0 bridgehead atoms. The van der Waals surface area contributed by atoms with Crippen molar-refractivity contribution in [3.05, 3.63) is 66.2 Å². The molecule has 4 rings (SSSR count). The Morgan fingerprint density at radius 1 is 1.16 bits per heavy atom. The lowest BCUT2D eigenvalue weighted by molar-refractivity contribution is 0.474. The Morgan fingerprint density at radius 2 is 2.04 bits per heavy atom. The summed E-state index contributed by atoms with van der Waals surface area (Å²) in [6, 6.07) is 15.8. The van der Waals surface area contributed by atoms with Crippen LogP contribution < -0.4 is 10.2 Å². The number of fused-ring (bicyclic) bond motifs is 1. The molecule has 1 aromatic carbocycles. The average Bonchev–Trinajstić information content (AvgIpc) is 3.10. The van der Waals surface area contributed by atoms with Crippen LogP contribution in [0.5, 0.6) is 0 Å². The molecule has 1 N–H and O–H groups in total.